The summed E-state index contributed by atoms with van der Waals surface area (Å²) in [6.07, 6.45) is 2.05. The van der Waals surface area contributed by atoms with Crippen LogP contribution in [0.15, 0.2) is 24.3 Å². The topological polar surface area (TPSA) is 75.4 Å². The first kappa shape index (κ1) is 15.8. The van der Waals surface area contributed by atoms with E-state index in [1.165, 1.54) is 0 Å². The first-order valence-electron chi connectivity index (χ1n) is 6.97. The molecule has 5 nitrogen and oxygen atoms in total. The highest BCUT2D eigenvalue weighted by Crippen LogP contribution is 2.32. The second-order valence-electron chi connectivity index (χ2n) is 5.80. The van der Waals surface area contributed by atoms with Crippen LogP contribution in [0.25, 0.3) is 0 Å². The van der Waals surface area contributed by atoms with Gasteiger partial charge in [0, 0.05) is 12.2 Å². The fourth-order valence-electron chi connectivity index (χ4n) is 2.46. The van der Waals surface area contributed by atoms with Crippen LogP contribution in [0.4, 0.5) is 5.69 Å². The maximum absolute atomic E-state index is 12.3. The van der Waals surface area contributed by atoms with Crippen molar-refractivity contribution in [1.82, 2.24) is 5.32 Å². The van der Waals surface area contributed by atoms with Crippen molar-refractivity contribution in [3.63, 3.8) is 0 Å². The Balaban J connectivity index is 0.00000161. The van der Waals surface area contributed by atoms with Gasteiger partial charge in [-0.15, -0.1) is 12.4 Å². The molecule has 1 saturated carbocycles. The lowest BCUT2D eigenvalue weighted by molar-refractivity contribution is -0.127. The minimum Gasteiger partial charge on any atom is -0.343 e. The van der Waals surface area contributed by atoms with Crippen LogP contribution in [-0.2, 0) is 9.59 Å². The van der Waals surface area contributed by atoms with E-state index in [0.29, 0.717) is 25.8 Å². The van der Waals surface area contributed by atoms with Crippen LogP contribution in [0, 0.1) is 6.92 Å². The summed E-state index contributed by atoms with van der Waals surface area (Å²) in [6, 6.07) is 7.39. The molecular formula is C15H20ClN3O2. The maximum Gasteiger partial charge on any atom is 0.249 e. The van der Waals surface area contributed by atoms with Crippen molar-refractivity contribution in [1.29, 1.82) is 0 Å². The van der Waals surface area contributed by atoms with Gasteiger partial charge in [0.15, 0.2) is 0 Å². The quantitative estimate of drug-likeness (QED) is 0.879. The van der Waals surface area contributed by atoms with E-state index in [0.717, 1.165) is 11.3 Å². The van der Waals surface area contributed by atoms with Crippen LogP contribution < -0.4 is 16.0 Å². The summed E-state index contributed by atoms with van der Waals surface area (Å²) in [4.78, 5) is 26.0. The zero-order chi connectivity index (χ0) is 14.3. The molecule has 3 N–H and O–H groups in total. The van der Waals surface area contributed by atoms with Gasteiger partial charge in [0.2, 0.25) is 11.8 Å². The molecule has 0 aromatic heterocycles. The molecule has 1 unspecified atom stereocenters. The molecule has 1 heterocycles. The highest BCUT2D eigenvalue weighted by atomic mass is 35.5. The number of nitrogens with one attached hydrogen (secondary N) is 1. The van der Waals surface area contributed by atoms with Crippen LogP contribution in [0.5, 0.6) is 0 Å². The van der Waals surface area contributed by atoms with E-state index >= 15 is 0 Å². The van der Waals surface area contributed by atoms with Crippen LogP contribution in [-0.4, -0.2) is 29.9 Å². The molecule has 0 bridgehead atoms. The largest absolute Gasteiger partial charge is 0.343 e. The van der Waals surface area contributed by atoms with Crippen molar-refractivity contribution < 1.29 is 9.59 Å². The lowest BCUT2D eigenvalue weighted by Gasteiger charge is -2.18. The Morgan fingerprint density at radius 3 is 2.52 bits per heavy atom. The number of anilines is 1. The summed E-state index contributed by atoms with van der Waals surface area (Å²) < 4.78 is 0. The molecule has 21 heavy (non-hydrogen) atoms. The third kappa shape index (κ3) is 3.04. The van der Waals surface area contributed by atoms with Crippen molar-refractivity contribution >= 4 is 29.9 Å². The Morgan fingerprint density at radius 2 is 1.95 bits per heavy atom. The fraction of sp³-hybridized carbons (Fsp3) is 0.467. The lowest BCUT2D eigenvalue weighted by atomic mass is 10.2. The number of benzene rings is 1. The van der Waals surface area contributed by atoms with Crippen LogP contribution in [0.1, 0.15) is 24.8 Å². The average molecular weight is 310 g/mol. The number of carbonyl (C=O) groups is 2. The summed E-state index contributed by atoms with van der Waals surface area (Å²) in [7, 11) is 0. The zero-order valence-electron chi connectivity index (χ0n) is 12.0. The van der Waals surface area contributed by atoms with Crippen molar-refractivity contribution in [3.8, 4) is 0 Å². The summed E-state index contributed by atoms with van der Waals surface area (Å²) in [5.41, 5.74) is 7.15. The van der Waals surface area contributed by atoms with Crippen LogP contribution >= 0.6 is 12.4 Å². The summed E-state index contributed by atoms with van der Waals surface area (Å²) >= 11 is 0. The smallest absolute Gasteiger partial charge is 0.249 e. The van der Waals surface area contributed by atoms with E-state index in [2.05, 4.69) is 5.32 Å². The van der Waals surface area contributed by atoms with Gasteiger partial charge in [0.25, 0.3) is 0 Å². The molecule has 0 spiro atoms. The normalized spacial score (nSPS) is 22.7. The molecule has 2 aliphatic rings. The van der Waals surface area contributed by atoms with E-state index in [1.54, 1.807) is 4.90 Å². The van der Waals surface area contributed by atoms with Gasteiger partial charge in [0.05, 0.1) is 5.54 Å². The number of aryl methyl sites for hydroxylation is 1. The molecule has 1 aliphatic carbocycles. The minimum atomic E-state index is -0.725. The second-order valence-corrected chi connectivity index (χ2v) is 5.80. The summed E-state index contributed by atoms with van der Waals surface area (Å²) in [5.74, 6) is -0.243. The highest BCUT2D eigenvalue weighted by molar-refractivity contribution is 6.02. The fourth-order valence-corrected chi connectivity index (χ4v) is 2.46. The van der Waals surface area contributed by atoms with Gasteiger partial charge in [-0.3, -0.25) is 9.59 Å². The van der Waals surface area contributed by atoms with E-state index in [9.17, 15) is 9.59 Å². The Bertz CT molecular complexity index is 555. The van der Waals surface area contributed by atoms with Crippen molar-refractivity contribution in [3.05, 3.63) is 29.8 Å². The molecule has 0 radical (unpaired) electrons. The van der Waals surface area contributed by atoms with E-state index in [4.69, 9.17) is 5.73 Å². The highest BCUT2D eigenvalue weighted by Gasteiger charge is 2.47. The Hall–Kier alpha value is -1.59. The van der Waals surface area contributed by atoms with Crippen LogP contribution in [0.2, 0.25) is 0 Å². The third-order valence-corrected chi connectivity index (χ3v) is 4.10. The van der Waals surface area contributed by atoms with Gasteiger partial charge in [0.1, 0.15) is 6.04 Å². The van der Waals surface area contributed by atoms with Crippen molar-refractivity contribution in [2.75, 3.05) is 11.4 Å². The van der Waals surface area contributed by atoms with Crippen LogP contribution in [0.3, 0.4) is 0 Å². The third-order valence-electron chi connectivity index (χ3n) is 4.10. The SMILES string of the molecule is Cc1ccc(N2CCC(NC(=O)C3(N)CC3)C2=O)cc1.Cl. The molecule has 1 aromatic rings. The maximum atomic E-state index is 12.3. The minimum absolute atomic E-state index is 0. The zero-order valence-corrected chi connectivity index (χ0v) is 12.8. The molecule has 2 amide bonds. The number of nitrogens with two attached hydrogens (primary N) is 1. The summed E-state index contributed by atoms with van der Waals surface area (Å²) in [5, 5.41) is 2.79. The Morgan fingerprint density at radius 1 is 1.33 bits per heavy atom. The Kier molecular flexibility index (Phi) is 4.25. The number of amides is 2. The van der Waals surface area contributed by atoms with Gasteiger partial charge in [-0.05, 0) is 38.3 Å². The molecule has 1 aliphatic heterocycles. The lowest BCUT2D eigenvalue weighted by Crippen LogP contribution is -2.49. The number of halogens is 1. The number of carbonyl (C=O) groups excluding carboxylic acids is 2. The molecule has 1 saturated heterocycles. The monoisotopic (exact) mass is 309 g/mol. The van der Waals surface area contributed by atoms with E-state index < -0.39 is 11.6 Å². The van der Waals surface area contributed by atoms with Gasteiger partial charge < -0.3 is 16.0 Å². The predicted molar refractivity (Wildman–Crippen MR) is 83.5 cm³/mol. The van der Waals surface area contributed by atoms with E-state index in [-0.39, 0.29) is 24.2 Å². The number of rotatable bonds is 3. The molecule has 114 valence electrons. The van der Waals surface area contributed by atoms with Crippen molar-refractivity contribution in [2.24, 2.45) is 5.73 Å². The molecule has 2 fully saturated rings. The molecule has 6 heteroatoms. The number of hydrogen-bond donors (Lipinski definition) is 2. The predicted octanol–water partition coefficient (Wildman–Crippen LogP) is 1.13. The van der Waals surface area contributed by atoms with Gasteiger partial charge >= 0.3 is 0 Å². The van der Waals surface area contributed by atoms with Gasteiger partial charge in [-0.1, -0.05) is 17.7 Å². The summed E-state index contributed by atoms with van der Waals surface area (Å²) in [6.45, 7) is 2.64. The van der Waals surface area contributed by atoms with Gasteiger partial charge in [-0.2, -0.15) is 0 Å². The Labute approximate surface area is 130 Å². The molecule has 3 rings (SSSR count). The molecule has 1 atom stereocenters. The number of nitrogens with zero attached hydrogens (tertiary/aromatic N) is 1. The standard InChI is InChI=1S/C15H19N3O2.ClH/c1-10-2-4-11(5-3-10)18-9-6-12(13(18)19)17-14(20)15(16)7-8-15;/h2-5,12H,6-9,16H2,1H3,(H,17,20);1H. The second kappa shape index (κ2) is 5.66. The molecular weight excluding hydrogens is 290 g/mol. The van der Waals surface area contributed by atoms with Gasteiger partial charge in [-0.25, -0.2) is 0 Å². The van der Waals surface area contributed by atoms with Crippen molar-refractivity contribution in [2.45, 2.75) is 37.8 Å². The van der Waals surface area contributed by atoms with E-state index in [1.807, 2.05) is 31.2 Å². The molecule has 1 aromatic carbocycles. The first-order valence-corrected chi connectivity index (χ1v) is 6.97. The number of hydrogen-bond acceptors (Lipinski definition) is 3. The first-order chi connectivity index (χ1) is 9.49. The average Bonchev–Trinajstić information content (AvgIpc) is 3.09.